The van der Waals surface area contributed by atoms with Gasteiger partial charge < -0.3 is 9.64 Å². The molecular formula is C20H19F3N4O2. The molecule has 1 saturated heterocycles. The van der Waals surface area contributed by atoms with Gasteiger partial charge in [-0.2, -0.15) is 5.10 Å². The van der Waals surface area contributed by atoms with Gasteiger partial charge in [-0.05, 0) is 36.6 Å². The van der Waals surface area contributed by atoms with E-state index in [4.69, 9.17) is 4.74 Å². The molecule has 0 radical (unpaired) electrons. The molecule has 1 aliphatic heterocycles. The largest absolute Gasteiger partial charge is 0.448 e. The zero-order valence-corrected chi connectivity index (χ0v) is 15.7. The molecule has 2 aliphatic rings. The topological polar surface area (TPSA) is 60.3 Å². The van der Waals surface area contributed by atoms with Gasteiger partial charge in [0.1, 0.15) is 17.9 Å². The predicted molar refractivity (Wildman–Crippen MR) is 99.9 cm³/mol. The van der Waals surface area contributed by atoms with Crippen molar-refractivity contribution in [3.8, 4) is 11.1 Å². The Morgan fingerprint density at radius 1 is 1.17 bits per heavy atom. The summed E-state index contributed by atoms with van der Waals surface area (Å²) in [4.78, 5) is 16.8. The Balaban J connectivity index is 0.000000188. The Morgan fingerprint density at radius 3 is 2.62 bits per heavy atom. The van der Waals surface area contributed by atoms with E-state index in [1.807, 2.05) is 4.90 Å². The normalized spacial score (nSPS) is 16.2. The highest BCUT2D eigenvalue weighted by Crippen LogP contribution is 2.29. The van der Waals surface area contributed by atoms with E-state index in [9.17, 15) is 18.0 Å². The van der Waals surface area contributed by atoms with Crippen LogP contribution in [-0.2, 0) is 11.8 Å². The second-order valence-electron chi connectivity index (χ2n) is 6.97. The lowest BCUT2D eigenvalue weighted by atomic mass is 10.0. The van der Waals surface area contributed by atoms with Crippen LogP contribution >= 0.6 is 0 Å². The minimum Gasteiger partial charge on any atom is -0.448 e. The third-order valence-corrected chi connectivity index (χ3v) is 4.94. The lowest BCUT2D eigenvalue weighted by Crippen LogP contribution is -2.26. The number of amides is 1. The van der Waals surface area contributed by atoms with E-state index in [0.717, 1.165) is 24.2 Å². The summed E-state index contributed by atoms with van der Waals surface area (Å²) in [5, 5.41) is 4.06. The summed E-state index contributed by atoms with van der Waals surface area (Å²) in [5.74, 6) is -0.904. The van der Waals surface area contributed by atoms with Crippen LogP contribution < -0.4 is 0 Å². The number of rotatable bonds is 3. The number of aromatic nitrogens is 3. The van der Waals surface area contributed by atoms with Crippen molar-refractivity contribution in [3.63, 3.8) is 0 Å². The molecule has 9 heteroatoms. The number of benzene rings is 1. The number of carbonyl (C=O) groups is 1. The first-order valence-corrected chi connectivity index (χ1v) is 9.23. The second kappa shape index (κ2) is 7.73. The zero-order chi connectivity index (χ0) is 20.5. The number of ether oxygens (including phenoxy) is 1. The van der Waals surface area contributed by atoms with Crippen molar-refractivity contribution in [2.24, 2.45) is 7.05 Å². The Bertz CT molecular complexity index is 1050. The highest BCUT2D eigenvalue weighted by Gasteiger charge is 2.36. The summed E-state index contributed by atoms with van der Waals surface area (Å²) in [7, 11) is 1.77. The fourth-order valence-corrected chi connectivity index (χ4v) is 3.20. The Hall–Kier alpha value is -3.10. The monoisotopic (exact) mass is 404 g/mol. The molecule has 0 unspecified atom stereocenters. The summed E-state index contributed by atoms with van der Waals surface area (Å²) in [6.07, 6.45) is 2.58. The van der Waals surface area contributed by atoms with Gasteiger partial charge in [0, 0.05) is 24.8 Å². The molecule has 5 rings (SSSR count). The summed E-state index contributed by atoms with van der Waals surface area (Å²) >= 11 is 0. The number of halogens is 3. The first kappa shape index (κ1) is 19.2. The van der Waals surface area contributed by atoms with Crippen molar-refractivity contribution in [2.75, 3.05) is 13.2 Å². The van der Waals surface area contributed by atoms with E-state index in [-0.39, 0.29) is 6.09 Å². The number of hydrogen-bond donors (Lipinski definition) is 0. The SMILES string of the molecule is Cn1ncc2ncc(-c3ccc(F)c(C(F)F)c3)cc21.O=C1OCCN1C1CC1. The molecule has 1 amide bonds. The van der Waals surface area contributed by atoms with Crippen LogP contribution in [-0.4, -0.2) is 45.0 Å². The minimum absolute atomic E-state index is 0.113. The summed E-state index contributed by atoms with van der Waals surface area (Å²) in [6.45, 7) is 1.40. The molecule has 1 aromatic carbocycles. The number of alkyl halides is 2. The first-order valence-electron chi connectivity index (χ1n) is 9.23. The van der Waals surface area contributed by atoms with Crippen LogP contribution in [0.25, 0.3) is 22.2 Å². The number of hydrogen-bond acceptors (Lipinski definition) is 4. The van der Waals surface area contributed by atoms with Crippen LogP contribution in [0.3, 0.4) is 0 Å². The molecule has 29 heavy (non-hydrogen) atoms. The van der Waals surface area contributed by atoms with Gasteiger partial charge in [0.25, 0.3) is 6.43 Å². The van der Waals surface area contributed by atoms with Gasteiger partial charge in [0.2, 0.25) is 0 Å². The fourth-order valence-electron chi connectivity index (χ4n) is 3.20. The van der Waals surface area contributed by atoms with Crippen LogP contribution in [0.1, 0.15) is 24.8 Å². The number of nitrogens with zero attached hydrogens (tertiary/aromatic N) is 4. The molecule has 1 aliphatic carbocycles. The van der Waals surface area contributed by atoms with Crippen molar-refractivity contribution < 1.29 is 22.7 Å². The van der Waals surface area contributed by atoms with Crippen molar-refractivity contribution in [1.82, 2.24) is 19.7 Å². The van der Waals surface area contributed by atoms with E-state index in [2.05, 4.69) is 10.1 Å². The summed E-state index contributed by atoms with van der Waals surface area (Å²) < 4.78 is 45.1. The third-order valence-electron chi connectivity index (χ3n) is 4.94. The quantitative estimate of drug-likeness (QED) is 0.653. The highest BCUT2D eigenvalue weighted by molar-refractivity contribution is 5.80. The van der Waals surface area contributed by atoms with Gasteiger partial charge in [-0.3, -0.25) is 9.67 Å². The maximum absolute atomic E-state index is 13.3. The lowest BCUT2D eigenvalue weighted by molar-refractivity contribution is 0.146. The van der Waals surface area contributed by atoms with E-state index >= 15 is 0 Å². The molecule has 1 saturated carbocycles. The van der Waals surface area contributed by atoms with Crippen molar-refractivity contribution in [2.45, 2.75) is 25.3 Å². The standard InChI is InChI=1S/C14H10F3N3.C6H9NO2/c1-20-13-5-9(6-18-12(13)7-19-20)8-2-3-11(15)10(4-8)14(16)17;8-6-7(3-4-9-6)5-1-2-5/h2-7,14H,1H3;5H,1-4H2. The van der Waals surface area contributed by atoms with Gasteiger partial charge in [-0.1, -0.05) is 6.07 Å². The number of carbonyl (C=O) groups excluding carboxylic acids is 1. The number of cyclic esters (lactones) is 1. The van der Waals surface area contributed by atoms with Gasteiger partial charge in [-0.15, -0.1) is 0 Å². The fraction of sp³-hybridized carbons (Fsp3) is 0.350. The second-order valence-corrected chi connectivity index (χ2v) is 6.97. The van der Waals surface area contributed by atoms with E-state index in [1.54, 1.807) is 30.2 Å². The average molecular weight is 404 g/mol. The highest BCUT2D eigenvalue weighted by atomic mass is 19.3. The van der Waals surface area contributed by atoms with Gasteiger partial charge in [0.05, 0.1) is 23.8 Å². The van der Waals surface area contributed by atoms with Crippen LogP contribution in [0, 0.1) is 5.82 Å². The van der Waals surface area contributed by atoms with Crippen LogP contribution in [0.5, 0.6) is 0 Å². The maximum atomic E-state index is 13.3. The summed E-state index contributed by atoms with van der Waals surface area (Å²) in [5.41, 5.74) is 2.03. The number of aryl methyl sites for hydroxylation is 1. The Morgan fingerprint density at radius 2 is 1.97 bits per heavy atom. The van der Waals surface area contributed by atoms with Crippen molar-refractivity contribution in [3.05, 3.63) is 48.0 Å². The molecule has 2 fully saturated rings. The zero-order valence-electron chi connectivity index (χ0n) is 15.7. The smallest absolute Gasteiger partial charge is 0.410 e. The van der Waals surface area contributed by atoms with Gasteiger partial charge in [-0.25, -0.2) is 18.0 Å². The van der Waals surface area contributed by atoms with Crippen LogP contribution in [0.15, 0.2) is 36.7 Å². The predicted octanol–water partition coefficient (Wildman–Crippen LogP) is 4.31. The maximum Gasteiger partial charge on any atom is 0.410 e. The van der Waals surface area contributed by atoms with E-state index in [1.165, 1.54) is 18.9 Å². The third kappa shape index (κ3) is 4.03. The molecule has 0 atom stereocenters. The molecule has 2 aromatic heterocycles. The van der Waals surface area contributed by atoms with Crippen molar-refractivity contribution >= 4 is 17.1 Å². The molecule has 152 valence electrons. The molecule has 6 nitrogen and oxygen atoms in total. The number of fused-ring (bicyclic) bond motifs is 1. The molecule has 3 heterocycles. The minimum atomic E-state index is -2.84. The molecular weight excluding hydrogens is 385 g/mol. The van der Waals surface area contributed by atoms with Crippen molar-refractivity contribution in [1.29, 1.82) is 0 Å². The lowest BCUT2D eigenvalue weighted by Gasteiger charge is -2.08. The van der Waals surface area contributed by atoms with Crippen LogP contribution in [0.4, 0.5) is 18.0 Å². The molecule has 0 N–H and O–H groups in total. The Kier molecular flexibility index (Phi) is 5.12. The summed E-state index contributed by atoms with van der Waals surface area (Å²) in [6, 6.07) is 5.97. The number of pyridine rings is 1. The Labute approximate surface area is 164 Å². The average Bonchev–Trinajstić information content (AvgIpc) is 3.36. The van der Waals surface area contributed by atoms with E-state index in [0.29, 0.717) is 29.3 Å². The van der Waals surface area contributed by atoms with Crippen LogP contribution in [0.2, 0.25) is 0 Å². The van der Waals surface area contributed by atoms with Gasteiger partial charge in [0.15, 0.2) is 0 Å². The first-order chi connectivity index (χ1) is 13.9. The molecule has 0 spiro atoms. The molecule has 3 aromatic rings. The van der Waals surface area contributed by atoms with E-state index < -0.39 is 17.8 Å². The molecule has 0 bridgehead atoms. The van der Waals surface area contributed by atoms with Gasteiger partial charge >= 0.3 is 6.09 Å².